The van der Waals surface area contributed by atoms with Crippen LogP contribution in [0.15, 0.2) is 54.7 Å². The fourth-order valence-electron chi connectivity index (χ4n) is 2.65. The van der Waals surface area contributed by atoms with Crippen molar-refractivity contribution in [3.8, 4) is 5.75 Å². The van der Waals surface area contributed by atoms with Crippen LogP contribution in [0.2, 0.25) is 0 Å². The van der Waals surface area contributed by atoms with Crippen LogP contribution in [-0.4, -0.2) is 36.1 Å². The number of aromatic nitrogens is 2. The summed E-state index contributed by atoms with van der Waals surface area (Å²) in [5, 5.41) is 5.74. The van der Waals surface area contributed by atoms with Crippen LogP contribution in [0.1, 0.15) is 26.4 Å². The second kappa shape index (κ2) is 8.83. The van der Waals surface area contributed by atoms with Gasteiger partial charge in [0.1, 0.15) is 11.4 Å². The second-order valence-electron chi connectivity index (χ2n) is 6.09. The van der Waals surface area contributed by atoms with E-state index in [4.69, 9.17) is 9.47 Å². The van der Waals surface area contributed by atoms with Gasteiger partial charge in [-0.2, -0.15) is 0 Å². The van der Waals surface area contributed by atoms with E-state index in [1.165, 1.54) is 26.5 Å². The molecular weight excluding hydrogens is 372 g/mol. The van der Waals surface area contributed by atoms with E-state index < -0.39 is 11.9 Å². The first-order valence-electron chi connectivity index (χ1n) is 8.75. The van der Waals surface area contributed by atoms with E-state index in [0.717, 1.165) is 5.56 Å². The number of carbonyl (C=O) groups is 2. The molecule has 0 fully saturated rings. The van der Waals surface area contributed by atoms with Crippen LogP contribution in [-0.2, 0) is 4.74 Å². The van der Waals surface area contributed by atoms with Crippen molar-refractivity contribution in [1.82, 2.24) is 9.97 Å². The molecule has 0 unspecified atom stereocenters. The third-order valence-electron chi connectivity index (χ3n) is 4.07. The van der Waals surface area contributed by atoms with E-state index >= 15 is 0 Å². The first kappa shape index (κ1) is 19.8. The van der Waals surface area contributed by atoms with Gasteiger partial charge in [0.05, 0.1) is 31.2 Å². The average Bonchev–Trinajstić information content (AvgIpc) is 2.74. The predicted octanol–water partition coefficient (Wildman–Crippen LogP) is 3.58. The zero-order chi connectivity index (χ0) is 20.8. The zero-order valence-electron chi connectivity index (χ0n) is 16.2. The Hall–Kier alpha value is -3.94. The Morgan fingerprint density at radius 3 is 2.55 bits per heavy atom. The third-order valence-corrected chi connectivity index (χ3v) is 4.07. The quantitative estimate of drug-likeness (QED) is 0.618. The number of aryl methyl sites for hydroxylation is 1. The van der Waals surface area contributed by atoms with Gasteiger partial charge < -0.3 is 20.1 Å². The van der Waals surface area contributed by atoms with Gasteiger partial charge in [-0.1, -0.05) is 18.2 Å². The van der Waals surface area contributed by atoms with Crippen LogP contribution in [0.5, 0.6) is 5.75 Å². The number of rotatable bonds is 6. The zero-order valence-corrected chi connectivity index (χ0v) is 16.2. The van der Waals surface area contributed by atoms with Crippen LogP contribution >= 0.6 is 0 Å². The Kier molecular flexibility index (Phi) is 6.03. The van der Waals surface area contributed by atoms with E-state index in [9.17, 15) is 9.59 Å². The summed E-state index contributed by atoms with van der Waals surface area (Å²) in [6, 6.07) is 13.8. The van der Waals surface area contributed by atoms with E-state index in [2.05, 4.69) is 20.6 Å². The van der Waals surface area contributed by atoms with Gasteiger partial charge in [0.2, 0.25) is 5.95 Å². The maximum atomic E-state index is 12.7. The highest BCUT2D eigenvalue weighted by Crippen LogP contribution is 2.26. The summed E-state index contributed by atoms with van der Waals surface area (Å²) in [5.74, 6) is -0.192. The van der Waals surface area contributed by atoms with Gasteiger partial charge in [0.15, 0.2) is 0 Å². The molecule has 148 valence electrons. The molecule has 1 heterocycles. The number of nitrogens with one attached hydrogen (secondary N) is 2. The standard InChI is InChI=1S/C21H20N4O4/c1-13-8-9-18(28-2)17(12-13)23-19(26)16-10-11-22-21(25-16)24-15-7-5-4-6-14(15)20(27)29-3/h4-12H,1-3H3,(H,23,26)(H,22,24,25). The van der Waals surface area contributed by atoms with Gasteiger partial charge >= 0.3 is 5.97 Å². The van der Waals surface area contributed by atoms with Gasteiger partial charge in [0, 0.05) is 6.20 Å². The van der Waals surface area contributed by atoms with Gasteiger partial charge in [-0.3, -0.25) is 4.79 Å². The van der Waals surface area contributed by atoms with E-state index in [-0.39, 0.29) is 11.6 Å². The van der Waals surface area contributed by atoms with Crippen LogP contribution in [0, 0.1) is 6.92 Å². The normalized spacial score (nSPS) is 10.2. The first-order chi connectivity index (χ1) is 14.0. The lowest BCUT2D eigenvalue weighted by atomic mass is 10.2. The minimum atomic E-state index is -0.492. The lowest BCUT2D eigenvalue weighted by Gasteiger charge is -2.12. The van der Waals surface area contributed by atoms with Crippen molar-refractivity contribution in [2.24, 2.45) is 0 Å². The average molecular weight is 392 g/mol. The SMILES string of the molecule is COC(=O)c1ccccc1Nc1nccc(C(=O)Nc2cc(C)ccc2OC)n1. The lowest BCUT2D eigenvalue weighted by molar-refractivity contribution is 0.0601. The van der Waals surface area contributed by atoms with Crippen molar-refractivity contribution in [3.05, 3.63) is 71.5 Å². The number of hydrogen-bond acceptors (Lipinski definition) is 7. The second-order valence-corrected chi connectivity index (χ2v) is 6.09. The molecule has 3 rings (SSSR count). The molecule has 0 aliphatic rings. The van der Waals surface area contributed by atoms with Crippen molar-refractivity contribution in [3.63, 3.8) is 0 Å². The van der Waals surface area contributed by atoms with Crippen molar-refractivity contribution in [2.75, 3.05) is 24.9 Å². The van der Waals surface area contributed by atoms with Crippen LogP contribution in [0.3, 0.4) is 0 Å². The van der Waals surface area contributed by atoms with E-state index in [1.54, 1.807) is 30.3 Å². The van der Waals surface area contributed by atoms with Gasteiger partial charge in [-0.15, -0.1) is 0 Å². The summed E-state index contributed by atoms with van der Waals surface area (Å²) in [6.07, 6.45) is 1.46. The lowest BCUT2D eigenvalue weighted by Crippen LogP contribution is -2.15. The molecule has 2 aromatic carbocycles. The molecule has 2 N–H and O–H groups in total. The summed E-state index contributed by atoms with van der Waals surface area (Å²) in [5.41, 5.74) is 2.48. The number of carbonyl (C=O) groups excluding carboxylic acids is 2. The van der Waals surface area contributed by atoms with Crippen LogP contribution in [0.25, 0.3) is 0 Å². The highest BCUT2D eigenvalue weighted by Gasteiger charge is 2.15. The van der Waals surface area contributed by atoms with E-state index in [1.807, 2.05) is 19.1 Å². The molecule has 29 heavy (non-hydrogen) atoms. The summed E-state index contributed by atoms with van der Waals surface area (Å²) in [7, 11) is 2.84. The molecule has 0 aliphatic carbocycles. The Morgan fingerprint density at radius 2 is 1.79 bits per heavy atom. The molecule has 0 saturated carbocycles. The monoisotopic (exact) mass is 392 g/mol. The van der Waals surface area contributed by atoms with Crippen molar-refractivity contribution < 1.29 is 19.1 Å². The number of esters is 1. The minimum absolute atomic E-state index is 0.154. The summed E-state index contributed by atoms with van der Waals surface area (Å²) >= 11 is 0. The number of anilines is 3. The Labute approximate surface area is 167 Å². The maximum absolute atomic E-state index is 12.7. The fourth-order valence-corrected chi connectivity index (χ4v) is 2.65. The van der Waals surface area contributed by atoms with Gasteiger partial charge in [-0.05, 0) is 42.8 Å². The molecule has 0 radical (unpaired) electrons. The van der Waals surface area contributed by atoms with Crippen LogP contribution in [0.4, 0.5) is 17.3 Å². The molecule has 0 atom stereocenters. The van der Waals surface area contributed by atoms with Crippen LogP contribution < -0.4 is 15.4 Å². The molecule has 0 aliphatic heterocycles. The summed E-state index contributed by atoms with van der Waals surface area (Å²) < 4.78 is 10.1. The number of para-hydroxylation sites is 1. The topological polar surface area (TPSA) is 102 Å². The number of hydrogen-bond donors (Lipinski definition) is 2. The van der Waals surface area contributed by atoms with Crippen molar-refractivity contribution in [2.45, 2.75) is 6.92 Å². The molecule has 1 amide bonds. The van der Waals surface area contributed by atoms with Crippen molar-refractivity contribution in [1.29, 1.82) is 0 Å². The molecule has 8 heteroatoms. The molecule has 8 nitrogen and oxygen atoms in total. The van der Waals surface area contributed by atoms with E-state index in [0.29, 0.717) is 22.7 Å². The number of benzene rings is 2. The fraction of sp³-hybridized carbons (Fsp3) is 0.143. The summed E-state index contributed by atoms with van der Waals surface area (Å²) in [6.45, 7) is 1.92. The molecular formula is C21H20N4O4. The number of nitrogens with zero attached hydrogens (tertiary/aromatic N) is 2. The molecule has 0 spiro atoms. The number of methoxy groups -OCH3 is 2. The van der Waals surface area contributed by atoms with Gasteiger partial charge in [-0.25, -0.2) is 14.8 Å². The first-order valence-corrected chi connectivity index (χ1v) is 8.75. The molecule has 0 saturated heterocycles. The predicted molar refractivity (Wildman–Crippen MR) is 109 cm³/mol. The number of amides is 1. The number of ether oxygens (including phenoxy) is 2. The smallest absolute Gasteiger partial charge is 0.339 e. The molecule has 3 aromatic rings. The highest BCUT2D eigenvalue weighted by atomic mass is 16.5. The van der Waals surface area contributed by atoms with Crippen molar-refractivity contribution >= 4 is 29.2 Å². The Bertz CT molecular complexity index is 1050. The summed E-state index contributed by atoms with van der Waals surface area (Å²) in [4.78, 5) is 32.9. The maximum Gasteiger partial charge on any atom is 0.339 e. The minimum Gasteiger partial charge on any atom is -0.495 e. The Morgan fingerprint density at radius 1 is 1.00 bits per heavy atom. The molecule has 0 bridgehead atoms. The van der Waals surface area contributed by atoms with Gasteiger partial charge in [0.25, 0.3) is 5.91 Å². The molecule has 1 aromatic heterocycles. The highest BCUT2D eigenvalue weighted by molar-refractivity contribution is 6.04. The third kappa shape index (κ3) is 4.67. The largest absolute Gasteiger partial charge is 0.495 e. The Balaban J connectivity index is 1.83.